The Morgan fingerprint density at radius 1 is 1.08 bits per heavy atom. The van der Waals surface area contributed by atoms with Gasteiger partial charge in [-0.2, -0.15) is 0 Å². The smallest absolute Gasteiger partial charge is 0.320 e. The van der Waals surface area contributed by atoms with Crippen molar-refractivity contribution in [3.8, 4) is 11.3 Å². The molecule has 3 atom stereocenters. The van der Waals surface area contributed by atoms with Crippen molar-refractivity contribution in [3.05, 3.63) is 78.2 Å². The van der Waals surface area contributed by atoms with E-state index < -0.39 is 36.3 Å². The molecule has 8 nitrogen and oxygen atoms in total. The van der Waals surface area contributed by atoms with E-state index in [1.807, 2.05) is 92.2 Å². The average molecular weight is 526 g/mol. The molecule has 1 heterocycles. The molecular formula is C29H40FN5O3. The molecule has 0 spiro atoms. The maximum absolute atomic E-state index is 15.3. The van der Waals surface area contributed by atoms with Crippen LogP contribution in [0.5, 0.6) is 0 Å². The monoisotopic (exact) mass is 525 g/mol. The number of aliphatic hydroxyl groups is 2. The van der Waals surface area contributed by atoms with Gasteiger partial charge >= 0.3 is 6.03 Å². The first-order valence-electron chi connectivity index (χ1n) is 12.9. The molecule has 3 rings (SSSR count). The number of aliphatic hydroxyl groups excluding tert-OH is 2. The highest BCUT2D eigenvalue weighted by molar-refractivity contribution is 5.75. The van der Waals surface area contributed by atoms with Gasteiger partial charge in [0, 0.05) is 31.9 Å². The van der Waals surface area contributed by atoms with Crippen LogP contribution >= 0.6 is 0 Å². The minimum Gasteiger partial charge on any atom is -0.395 e. The molecule has 0 aliphatic rings. The number of urea groups is 1. The van der Waals surface area contributed by atoms with E-state index in [0.29, 0.717) is 12.4 Å². The largest absolute Gasteiger partial charge is 0.395 e. The van der Waals surface area contributed by atoms with Crippen LogP contribution in [0.1, 0.15) is 38.2 Å². The lowest BCUT2D eigenvalue weighted by atomic mass is 9.84. The van der Waals surface area contributed by atoms with Crippen LogP contribution in [-0.2, 0) is 6.54 Å². The van der Waals surface area contributed by atoms with E-state index in [0.717, 1.165) is 16.8 Å². The van der Waals surface area contributed by atoms with Crippen molar-refractivity contribution in [3.63, 3.8) is 0 Å². The number of imidazole rings is 1. The van der Waals surface area contributed by atoms with Gasteiger partial charge in [-0.1, -0.05) is 81.4 Å². The Kier molecular flexibility index (Phi) is 10.0. The number of hydrogen-bond acceptors (Lipinski definition) is 5. The predicted octanol–water partition coefficient (Wildman–Crippen LogP) is 3.69. The van der Waals surface area contributed by atoms with Crippen molar-refractivity contribution >= 4 is 6.03 Å². The van der Waals surface area contributed by atoms with Gasteiger partial charge in [0.05, 0.1) is 37.5 Å². The summed E-state index contributed by atoms with van der Waals surface area (Å²) >= 11 is 0. The minimum absolute atomic E-state index is 0.0862. The molecule has 3 aromatic rings. The number of rotatable bonds is 11. The Balaban J connectivity index is 2.18. The number of benzene rings is 2. The lowest BCUT2D eigenvalue weighted by Crippen LogP contribution is -2.53. The van der Waals surface area contributed by atoms with E-state index in [2.05, 4.69) is 0 Å². The number of nitrogens with zero attached hydrogens (tertiary/aromatic N) is 4. The number of nitrogens with two attached hydrogens (primary N) is 1. The third kappa shape index (κ3) is 7.18. The number of carbonyl (C=O) groups excluding carboxylic acids is 1. The van der Waals surface area contributed by atoms with E-state index >= 15 is 4.39 Å². The number of alkyl halides is 1. The number of carbonyl (C=O) groups is 1. The fourth-order valence-electron chi connectivity index (χ4n) is 4.49. The van der Waals surface area contributed by atoms with Crippen LogP contribution < -0.4 is 5.73 Å². The summed E-state index contributed by atoms with van der Waals surface area (Å²) in [6, 6.07) is 17.4. The molecule has 9 heteroatoms. The highest BCUT2D eigenvalue weighted by atomic mass is 19.1. The van der Waals surface area contributed by atoms with E-state index in [-0.39, 0.29) is 19.7 Å². The zero-order valence-corrected chi connectivity index (χ0v) is 22.7. The lowest BCUT2D eigenvalue weighted by Gasteiger charge is -2.42. The molecule has 0 saturated carbocycles. The standard InChI is InChI=1S/C29H40FN5O3/c1-29(2,3)26(35(18-23(30)24(31)20-37)28(38)33(4)15-16-36)27-32-25(22-13-9-6-10-14-22)19-34(27)17-21-11-7-5-8-12-21/h5-14,19,23-24,26,36-37H,15-18,20,31H2,1-4H3/t23-,24+,26-/m0/s1. The number of amides is 2. The highest BCUT2D eigenvalue weighted by Gasteiger charge is 2.41. The second-order valence-electron chi connectivity index (χ2n) is 10.7. The first-order valence-corrected chi connectivity index (χ1v) is 12.9. The summed E-state index contributed by atoms with van der Waals surface area (Å²) in [5.41, 5.74) is 7.98. The molecular weight excluding hydrogens is 485 g/mol. The lowest BCUT2D eigenvalue weighted by molar-refractivity contribution is 0.0585. The maximum Gasteiger partial charge on any atom is 0.320 e. The van der Waals surface area contributed by atoms with Crippen LogP contribution in [-0.4, -0.2) is 81.2 Å². The zero-order chi connectivity index (χ0) is 27.9. The van der Waals surface area contributed by atoms with Gasteiger partial charge < -0.3 is 30.3 Å². The van der Waals surface area contributed by atoms with Crippen LogP contribution in [0.25, 0.3) is 11.3 Å². The Bertz CT molecular complexity index is 1150. The molecule has 2 aromatic carbocycles. The molecule has 4 N–H and O–H groups in total. The summed E-state index contributed by atoms with van der Waals surface area (Å²) in [6.07, 6.45) is 0.297. The second-order valence-corrected chi connectivity index (χ2v) is 10.7. The quantitative estimate of drug-likeness (QED) is 0.354. The van der Waals surface area contributed by atoms with Crippen molar-refractivity contribution in [2.24, 2.45) is 11.1 Å². The molecule has 0 aliphatic carbocycles. The first-order chi connectivity index (χ1) is 18.1. The van der Waals surface area contributed by atoms with Crippen LogP contribution in [0.2, 0.25) is 0 Å². The van der Waals surface area contributed by atoms with Gasteiger partial charge in [0.25, 0.3) is 0 Å². The molecule has 0 fully saturated rings. The van der Waals surface area contributed by atoms with Crippen molar-refractivity contribution in [1.29, 1.82) is 0 Å². The summed E-state index contributed by atoms with van der Waals surface area (Å²) in [4.78, 5) is 21.5. The topological polar surface area (TPSA) is 108 Å². The predicted molar refractivity (Wildman–Crippen MR) is 147 cm³/mol. The Morgan fingerprint density at radius 2 is 1.68 bits per heavy atom. The van der Waals surface area contributed by atoms with Gasteiger partial charge in [-0.3, -0.25) is 0 Å². The molecule has 0 aliphatic heterocycles. The normalized spacial score (nSPS) is 14.1. The summed E-state index contributed by atoms with van der Waals surface area (Å²) < 4.78 is 17.3. The van der Waals surface area contributed by atoms with E-state index in [9.17, 15) is 15.0 Å². The summed E-state index contributed by atoms with van der Waals surface area (Å²) in [6.45, 7) is 5.42. The van der Waals surface area contributed by atoms with Crippen LogP contribution in [0.3, 0.4) is 0 Å². The molecule has 206 valence electrons. The van der Waals surface area contributed by atoms with Gasteiger partial charge in [-0.25, -0.2) is 14.2 Å². The van der Waals surface area contributed by atoms with Crippen LogP contribution in [0, 0.1) is 5.41 Å². The summed E-state index contributed by atoms with van der Waals surface area (Å²) in [5.74, 6) is 0.607. The fourth-order valence-corrected chi connectivity index (χ4v) is 4.49. The van der Waals surface area contributed by atoms with Gasteiger partial charge in [-0.15, -0.1) is 0 Å². The summed E-state index contributed by atoms with van der Waals surface area (Å²) in [5, 5.41) is 18.9. The molecule has 0 bridgehead atoms. The van der Waals surface area contributed by atoms with Gasteiger partial charge in [-0.05, 0) is 11.0 Å². The Hall–Kier alpha value is -3.27. The number of likely N-dealkylation sites (N-methyl/N-ethyl adjacent to an activating group) is 1. The molecule has 2 amide bonds. The van der Waals surface area contributed by atoms with Crippen LogP contribution in [0.15, 0.2) is 66.9 Å². The van der Waals surface area contributed by atoms with E-state index in [4.69, 9.17) is 10.7 Å². The number of hydrogen-bond donors (Lipinski definition) is 3. The number of halogens is 1. The fraction of sp³-hybridized carbons (Fsp3) is 0.448. The minimum atomic E-state index is -1.66. The van der Waals surface area contributed by atoms with Crippen LogP contribution in [0.4, 0.5) is 9.18 Å². The van der Waals surface area contributed by atoms with Gasteiger partial charge in [0.15, 0.2) is 0 Å². The third-order valence-electron chi connectivity index (χ3n) is 6.50. The maximum atomic E-state index is 15.3. The molecule has 1 aromatic heterocycles. The second kappa shape index (κ2) is 13.0. The van der Waals surface area contributed by atoms with Crippen molar-refractivity contribution in [2.45, 2.75) is 45.6 Å². The molecule has 0 saturated heterocycles. The van der Waals surface area contributed by atoms with Crippen molar-refractivity contribution < 1.29 is 19.4 Å². The summed E-state index contributed by atoms with van der Waals surface area (Å²) in [7, 11) is 1.57. The number of aromatic nitrogens is 2. The first kappa shape index (κ1) is 29.3. The van der Waals surface area contributed by atoms with E-state index in [1.54, 1.807) is 7.05 Å². The van der Waals surface area contributed by atoms with Gasteiger partial charge in [0.2, 0.25) is 0 Å². The molecule has 0 radical (unpaired) electrons. The average Bonchev–Trinajstić information content (AvgIpc) is 3.30. The highest BCUT2D eigenvalue weighted by Crippen LogP contribution is 2.40. The van der Waals surface area contributed by atoms with E-state index in [1.165, 1.54) is 9.80 Å². The van der Waals surface area contributed by atoms with Crippen molar-refractivity contribution in [1.82, 2.24) is 19.4 Å². The van der Waals surface area contributed by atoms with Gasteiger partial charge in [0.1, 0.15) is 12.0 Å². The Morgan fingerprint density at radius 3 is 2.24 bits per heavy atom. The molecule has 38 heavy (non-hydrogen) atoms. The zero-order valence-electron chi connectivity index (χ0n) is 22.7. The molecule has 0 unspecified atom stereocenters. The Labute approximate surface area is 224 Å². The van der Waals surface area contributed by atoms with Crippen molar-refractivity contribution in [2.75, 3.05) is 33.4 Å². The third-order valence-corrected chi connectivity index (χ3v) is 6.50. The SMILES string of the molecule is CN(CCO)C(=O)N(C[C@H](F)[C@H](N)CO)[C@@H](c1nc(-c2ccccc2)cn1Cc1ccccc1)C(C)(C)C.